The number of thioether (sulfide) groups is 1. The van der Waals surface area contributed by atoms with Crippen LogP contribution in [0.2, 0.25) is 10.0 Å². The van der Waals surface area contributed by atoms with Crippen LogP contribution in [0.1, 0.15) is 17.0 Å². The van der Waals surface area contributed by atoms with E-state index in [4.69, 9.17) is 27.9 Å². The first-order valence-electron chi connectivity index (χ1n) is 9.72. The number of nitriles is 1. The third-order valence-electron chi connectivity index (χ3n) is 5.02. The Balaban J connectivity index is 1.87. The molecule has 0 fully saturated rings. The lowest BCUT2D eigenvalue weighted by atomic mass is 9.78. The monoisotopic (exact) mass is 503 g/mol. The van der Waals surface area contributed by atoms with Crippen LogP contribution in [0.3, 0.4) is 0 Å². The summed E-state index contributed by atoms with van der Waals surface area (Å²) in [6, 6.07) is 13.8. The van der Waals surface area contributed by atoms with Crippen molar-refractivity contribution in [3.05, 3.63) is 74.2 Å². The van der Waals surface area contributed by atoms with Gasteiger partial charge in [0.1, 0.15) is 5.92 Å². The maximum absolute atomic E-state index is 12.8. The van der Waals surface area contributed by atoms with E-state index in [1.54, 1.807) is 42.5 Å². The number of hydrogen-bond acceptors (Lipinski definition) is 6. The van der Waals surface area contributed by atoms with Crippen LogP contribution in [0.4, 0.5) is 5.69 Å². The average molecular weight is 504 g/mol. The molecule has 170 valence electrons. The van der Waals surface area contributed by atoms with Gasteiger partial charge in [0.05, 0.1) is 29.5 Å². The molecule has 2 aromatic carbocycles. The fourth-order valence-corrected chi connectivity index (χ4v) is 4.51. The fraction of sp³-hybridized carbons (Fsp3) is 0.217. The van der Waals surface area contributed by atoms with Crippen LogP contribution in [0.25, 0.3) is 0 Å². The van der Waals surface area contributed by atoms with Crippen molar-refractivity contribution in [2.75, 3.05) is 18.2 Å². The van der Waals surface area contributed by atoms with Gasteiger partial charge in [0.15, 0.2) is 0 Å². The van der Waals surface area contributed by atoms with Gasteiger partial charge in [-0.3, -0.25) is 14.4 Å². The highest BCUT2D eigenvalue weighted by atomic mass is 35.5. The molecule has 2 aromatic rings. The summed E-state index contributed by atoms with van der Waals surface area (Å²) in [7, 11) is 1.18. The zero-order valence-corrected chi connectivity index (χ0v) is 20.0. The molecule has 0 aromatic heterocycles. The number of benzene rings is 2. The van der Waals surface area contributed by atoms with E-state index in [9.17, 15) is 19.6 Å². The Hall–Kier alpha value is -2.99. The van der Waals surface area contributed by atoms with Gasteiger partial charge in [-0.15, -0.1) is 0 Å². The number of methoxy groups -OCH3 is 1. The Morgan fingerprint density at radius 2 is 1.91 bits per heavy atom. The molecule has 7 nitrogen and oxygen atoms in total. The standard InChI is InChI=1S/C23H19Cl2N3O4S/c1-12-3-8-15(9-17(12)25)27-18(29)11-33-22-16(10-26)19(13-4-6-14(24)7-5-13)20(21(30)28-22)23(31)32-2/h3-9,19-20H,11H2,1-2H3,(H,27,29)(H,28,30)/t19-,20-/m0/s1. The molecule has 2 N–H and O–H groups in total. The lowest BCUT2D eigenvalue weighted by Crippen LogP contribution is -2.44. The molecule has 0 radical (unpaired) electrons. The van der Waals surface area contributed by atoms with Crippen molar-refractivity contribution in [1.29, 1.82) is 5.26 Å². The molecular formula is C23H19Cl2N3O4S. The molecule has 0 spiro atoms. The Morgan fingerprint density at radius 3 is 2.52 bits per heavy atom. The molecule has 0 saturated heterocycles. The molecular weight excluding hydrogens is 485 g/mol. The number of carbonyl (C=O) groups is 3. The van der Waals surface area contributed by atoms with E-state index in [0.717, 1.165) is 17.3 Å². The number of carbonyl (C=O) groups excluding carboxylic acids is 3. The molecule has 1 aliphatic rings. The largest absolute Gasteiger partial charge is 0.468 e. The number of aryl methyl sites for hydroxylation is 1. The predicted molar refractivity (Wildman–Crippen MR) is 128 cm³/mol. The molecule has 2 atom stereocenters. The quantitative estimate of drug-likeness (QED) is 0.446. The Kier molecular flexibility index (Phi) is 8.03. The minimum absolute atomic E-state index is 0.0808. The van der Waals surface area contributed by atoms with Gasteiger partial charge in [-0.2, -0.15) is 5.26 Å². The molecule has 1 aliphatic heterocycles. The number of rotatable bonds is 6. The summed E-state index contributed by atoms with van der Waals surface area (Å²) in [6.45, 7) is 1.85. The number of anilines is 1. The van der Waals surface area contributed by atoms with E-state index >= 15 is 0 Å². The van der Waals surface area contributed by atoms with E-state index in [2.05, 4.69) is 16.7 Å². The normalized spacial score (nSPS) is 17.7. The number of esters is 1. The highest BCUT2D eigenvalue weighted by Gasteiger charge is 2.44. The molecule has 10 heteroatoms. The van der Waals surface area contributed by atoms with Crippen LogP contribution in [0.5, 0.6) is 0 Å². The first-order chi connectivity index (χ1) is 15.7. The van der Waals surface area contributed by atoms with Gasteiger partial charge in [-0.05, 0) is 42.3 Å². The third-order valence-corrected chi connectivity index (χ3v) is 6.69. The summed E-state index contributed by atoms with van der Waals surface area (Å²) in [5.41, 5.74) is 2.12. The van der Waals surface area contributed by atoms with Crippen LogP contribution in [-0.4, -0.2) is 30.6 Å². The molecule has 1 heterocycles. The number of ether oxygens (including phenoxy) is 1. The topological polar surface area (TPSA) is 108 Å². The summed E-state index contributed by atoms with van der Waals surface area (Å²) >= 11 is 13.1. The smallest absolute Gasteiger partial charge is 0.319 e. The molecule has 0 bridgehead atoms. The molecule has 2 amide bonds. The number of hydrogen-bond donors (Lipinski definition) is 2. The number of nitrogens with zero attached hydrogens (tertiary/aromatic N) is 1. The molecule has 3 rings (SSSR count). The van der Waals surface area contributed by atoms with Crippen LogP contribution < -0.4 is 10.6 Å². The number of halogens is 2. The van der Waals surface area contributed by atoms with E-state index in [1.165, 1.54) is 7.11 Å². The Labute approximate surface area is 205 Å². The second kappa shape index (κ2) is 10.8. The molecule has 33 heavy (non-hydrogen) atoms. The SMILES string of the molecule is COC(=O)[C@@H]1C(=O)NC(SCC(=O)Nc2ccc(C)c(Cl)c2)=C(C#N)[C@@H]1c1ccc(Cl)cc1. The van der Waals surface area contributed by atoms with E-state index in [-0.39, 0.29) is 22.3 Å². The Morgan fingerprint density at radius 1 is 1.21 bits per heavy atom. The number of amides is 2. The molecule has 0 aliphatic carbocycles. The van der Waals surface area contributed by atoms with Crippen molar-refractivity contribution in [2.24, 2.45) is 5.92 Å². The zero-order chi connectivity index (χ0) is 24.1. The van der Waals surface area contributed by atoms with E-state index in [1.807, 2.05) is 6.92 Å². The van der Waals surface area contributed by atoms with Gasteiger partial charge < -0.3 is 15.4 Å². The minimum Gasteiger partial charge on any atom is -0.468 e. The fourth-order valence-electron chi connectivity index (χ4n) is 3.36. The maximum Gasteiger partial charge on any atom is 0.319 e. The summed E-state index contributed by atoms with van der Waals surface area (Å²) in [6.07, 6.45) is 0. The van der Waals surface area contributed by atoms with Gasteiger partial charge in [-0.1, -0.05) is 53.2 Å². The van der Waals surface area contributed by atoms with Crippen molar-refractivity contribution in [2.45, 2.75) is 12.8 Å². The maximum atomic E-state index is 12.8. The van der Waals surface area contributed by atoms with Gasteiger partial charge >= 0.3 is 5.97 Å². The number of allylic oxidation sites excluding steroid dienone is 1. The van der Waals surface area contributed by atoms with Gasteiger partial charge in [0.2, 0.25) is 11.8 Å². The second-order valence-corrected chi connectivity index (χ2v) is 9.00. The lowest BCUT2D eigenvalue weighted by molar-refractivity contribution is -0.150. The van der Waals surface area contributed by atoms with E-state index in [0.29, 0.717) is 21.3 Å². The predicted octanol–water partition coefficient (Wildman–Crippen LogP) is 4.41. The van der Waals surface area contributed by atoms with E-state index < -0.39 is 23.7 Å². The summed E-state index contributed by atoms with van der Waals surface area (Å²) in [5, 5.41) is 16.4. The van der Waals surface area contributed by atoms with Gasteiger partial charge in [0, 0.05) is 21.7 Å². The highest BCUT2D eigenvalue weighted by Crippen LogP contribution is 2.40. The van der Waals surface area contributed by atoms with Crippen LogP contribution >= 0.6 is 35.0 Å². The molecule has 0 saturated carbocycles. The van der Waals surface area contributed by atoms with Crippen LogP contribution in [0, 0.1) is 24.2 Å². The summed E-state index contributed by atoms with van der Waals surface area (Å²) in [4.78, 5) is 37.7. The van der Waals surface area contributed by atoms with Gasteiger partial charge in [0.25, 0.3) is 0 Å². The second-order valence-electron chi connectivity index (χ2n) is 7.17. The van der Waals surface area contributed by atoms with Crippen molar-refractivity contribution >= 4 is 58.4 Å². The van der Waals surface area contributed by atoms with Crippen LogP contribution in [-0.2, 0) is 19.1 Å². The highest BCUT2D eigenvalue weighted by molar-refractivity contribution is 8.03. The Bertz CT molecular complexity index is 1180. The number of nitrogens with one attached hydrogen (secondary N) is 2. The first-order valence-corrected chi connectivity index (χ1v) is 11.5. The van der Waals surface area contributed by atoms with Crippen molar-refractivity contribution < 1.29 is 19.1 Å². The lowest BCUT2D eigenvalue weighted by Gasteiger charge is -2.30. The summed E-state index contributed by atoms with van der Waals surface area (Å²) < 4.78 is 4.81. The zero-order valence-electron chi connectivity index (χ0n) is 17.6. The first kappa shape index (κ1) is 24.6. The average Bonchev–Trinajstić information content (AvgIpc) is 2.79. The third kappa shape index (κ3) is 5.69. The van der Waals surface area contributed by atoms with Crippen molar-refractivity contribution in [3.63, 3.8) is 0 Å². The van der Waals surface area contributed by atoms with Crippen molar-refractivity contribution in [1.82, 2.24) is 5.32 Å². The summed E-state index contributed by atoms with van der Waals surface area (Å²) in [5.74, 6) is -3.94. The van der Waals surface area contributed by atoms with Crippen LogP contribution in [0.15, 0.2) is 53.1 Å². The van der Waals surface area contributed by atoms with Gasteiger partial charge in [-0.25, -0.2) is 0 Å². The molecule has 0 unspecified atom stereocenters. The minimum atomic E-state index is -1.25. The van der Waals surface area contributed by atoms with Crippen molar-refractivity contribution in [3.8, 4) is 6.07 Å².